The number of benzene rings is 2. The fourth-order valence-electron chi connectivity index (χ4n) is 2.37. The van der Waals surface area contributed by atoms with Crippen LogP contribution < -0.4 is 10.2 Å². The molecule has 0 bridgehead atoms. The van der Waals surface area contributed by atoms with E-state index >= 15 is 0 Å². The summed E-state index contributed by atoms with van der Waals surface area (Å²) < 4.78 is 5.82. The summed E-state index contributed by atoms with van der Waals surface area (Å²) in [6.07, 6.45) is 0. The van der Waals surface area contributed by atoms with Gasteiger partial charge in [0.15, 0.2) is 5.75 Å². The van der Waals surface area contributed by atoms with Crippen molar-refractivity contribution < 1.29 is 9.66 Å². The molecule has 0 aliphatic heterocycles. The molecule has 3 aromatic carbocycles. The van der Waals surface area contributed by atoms with Crippen LogP contribution in [-0.2, 0) is 0 Å². The van der Waals surface area contributed by atoms with E-state index in [2.05, 4.69) is 4.99 Å². The number of hydrogen-bond donors (Lipinski definition) is 0. The van der Waals surface area contributed by atoms with Gasteiger partial charge in [-0.15, -0.1) is 0 Å². The lowest BCUT2D eigenvalue weighted by Crippen LogP contribution is -2.14. The molecule has 27 heavy (non-hydrogen) atoms. The van der Waals surface area contributed by atoms with Gasteiger partial charge < -0.3 is 4.74 Å². The number of nitro groups is 1. The maximum atomic E-state index is 12.2. The van der Waals surface area contributed by atoms with E-state index < -0.39 is 4.92 Å². The van der Waals surface area contributed by atoms with Gasteiger partial charge in [0, 0.05) is 17.7 Å². The molecule has 0 saturated heterocycles. The zero-order chi connectivity index (χ0) is 19.2. The van der Waals surface area contributed by atoms with Gasteiger partial charge >= 0.3 is 0 Å². The first kappa shape index (κ1) is 18.0. The van der Waals surface area contributed by atoms with E-state index in [-0.39, 0.29) is 22.8 Å². The minimum absolute atomic E-state index is 0.0672. The number of rotatable bonds is 4. The highest BCUT2D eigenvalue weighted by molar-refractivity contribution is 5.97. The van der Waals surface area contributed by atoms with E-state index in [1.807, 2.05) is 18.2 Å². The number of ether oxygens (including phenoxy) is 1. The van der Waals surface area contributed by atoms with Crippen LogP contribution in [0.15, 0.2) is 88.6 Å². The van der Waals surface area contributed by atoms with E-state index in [0.717, 1.165) is 5.56 Å². The van der Waals surface area contributed by atoms with Crippen molar-refractivity contribution in [2.24, 2.45) is 4.99 Å². The second-order valence-corrected chi connectivity index (χ2v) is 5.75. The zero-order valence-electron chi connectivity index (χ0n) is 14.5. The summed E-state index contributed by atoms with van der Waals surface area (Å²) in [5.41, 5.74) is 1.44. The van der Waals surface area contributed by atoms with Crippen LogP contribution in [0, 0.1) is 17.0 Å². The van der Waals surface area contributed by atoms with Crippen LogP contribution >= 0.6 is 0 Å². The highest BCUT2D eigenvalue weighted by atomic mass is 16.6. The molecule has 3 rings (SSSR count). The maximum Gasteiger partial charge on any atom is 0.271 e. The number of non-ortho nitro benzene ring substituents is 1. The van der Waals surface area contributed by atoms with Gasteiger partial charge in [-0.3, -0.25) is 14.9 Å². The van der Waals surface area contributed by atoms with Gasteiger partial charge in [0.1, 0.15) is 0 Å². The Bertz CT molecular complexity index is 1060. The number of hydrogen-bond acceptors (Lipinski definition) is 5. The lowest BCUT2D eigenvalue weighted by Gasteiger charge is -2.09. The molecule has 3 aromatic rings. The van der Waals surface area contributed by atoms with Crippen LogP contribution in [0.2, 0.25) is 0 Å². The van der Waals surface area contributed by atoms with E-state index in [1.165, 1.54) is 18.2 Å². The summed E-state index contributed by atoms with van der Waals surface area (Å²) in [6, 6.07) is 21.5. The summed E-state index contributed by atoms with van der Waals surface area (Å²) >= 11 is 0. The quantitative estimate of drug-likeness (QED) is 0.298. The highest BCUT2D eigenvalue weighted by Gasteiger charge is 2.12. The van der Waals surface area contributed by atoms with Crippen molar-refractivity contribution in [3.8, 4) is 5.75 Å². The van der Waals surface area contributed by atoms with Crippen molar-refractivity contribution in [3.63, 3.8) is 0 Å². The van der Waals surface area contributed by atoms with Crippen molar-refractivity contribution in [2.45, 2.75) is 6.92 Å². The molecular formula is C21H16N2O4. The molecule has 0 atom stereocenters. The Labute approximate surface area is 155 Å². The normalized spacial score (nSPS) is 11.1. The molecule has 6 nitrogen and oxygen atoms in total. The molecular weight excluding hydrogens is 344 g/mol. The van der Waals surface area contributed by atoms with Crippen LogP contribution in [0.25, 0.3) is 0 Å². The van der Waals surface area contributed by atoms with Gasteiger partial charge in [-0.05, 0) is 36.8 Å². The average molecular weight is 360 g/mol. The molecule has 0 heterocycles. The molecule has 134 valence electrons. The second kappa shape index (κ2) is 8.05. The summed E-state index contributed by atoms with van der Waals surface area (Å²) in [4.78, 5) is 27.3. The first-order chi connectivity index (χ1) is 13.0. The van der Waals surface area contributed by atoms with Crippen LogP contribution in [-0.4, -0.2) is 10.8 Å². The van der Waals surface area contributed by atoms with E-state index in [9.17, 15) is 14.9 Å². The number of nitrogens with zero attached hydrogens (tertiary/aromatic N) is 2. The van der Waals surface area contributed by atoms with Gasteiger partial charge in [-0.2, -0.15) is 0 Å². The molecule has 0 fully saturated rings. The third-order valence-electron chi connectivity index (χ3n) is 3.81. The molecule has 6 heteroatoms. The first-order valence-electron chi connectivity index (χ1n) is 8.21. The Hall–Kier alpha value is -3.80. The van der Waals surface area contributed by atoms with Gasteiger partial charge in [0.2, 0.25) is 11.3 Å². The molecule has 0 unspecified atom stereocenters. The SMILES string of the molecule is Cc1ccc([N+](=O)[O-])cc1N=C(Oc1cccccc1=O)c1ccccc1. The van der Waals surface area contributed by atoms with Crippen LogP contribution in [0.3, 0.4) is 0 Å². The third kappa shape index (κ3) is 4.43. The van der Waals surface area contributed by atoms with E-state index in [4.69, 9.17) is 4.74 Å². The molecule has 0 saturated carbocycles. The Balaban J connectivity index is 2.13. The van der Waals surface area contributed by atoms with Gasteiger partial charge in [-0.1, -0.05) is 42.5 Å². The minimum Gasteiger partial charge on any atom is -0.434 e. The fourth-order valence-corrected chi connectivity index (χ4v) is 2.37. The lowest BCUT2D eigenvalue weighted by atomic mass is 10.1. The number of aliphatic imine (C=N–C) groups is 1. The third-order valence-corrected chi connectivity index (χ3v) is 3.81. The van der Waals surface area contributed by atoms with E-state index in [0.29, 0.717) is 11.3 Å². The highest BCUT2D eigenvalue weighted by Crippen LogP contribution is 2.25. The predicted molar refractivity (Wildman–Crippen MR) is 104 cm³/mol. The molecule has 0 radical (unpaired) electrons. The van der Waals surface area contributed by atoms with Gasteiger partial charge in [0.05, 0.1) is 10.6 Å². The summed E-state index contributed by atoms with van der Waals surface area (Å²) in [5, 5.41) is 11.1. The summed E-state index contributed by atoms with van der Waals surface area (Å²) in [5.74, 6) is 0.299. The standard InChI is InChI=1S/C21H16N2O4/c1-15-12-13-17(23(25)26)14-18(15)22-21(16-8-4-2-5-9-16)27-20-11-7-3-6-10-19(20)24/h2-14H,1H3. The molecule has 0 spiro atoms. The molecule has 0 aliphatic carbocycles. The largest absolute Gasteiger partial charge is 0.434 e. The molecule has 0 amide bonds. The van der Waals surface area contributed by atoms with E-state index in [1.54, 1.807) is 49.4 Å². The first-order valence-corrected chi connectivity index (χ1v) is 8.21. The lowest BCUT2D eigenvalue weighted by molar-refractivity contribution is -0.384. The monoisotopic (exact) mass is 360 g/mol. The molecule has 0 aliphatic rings. The zero-order valence-corrected chi connectivity index (χ0v) is 14.5. The Morgan fingerprint density at radius 3 is 2.33 bits per heavy atom. The topological polar surface area (TPSA) is 81.8 Å². The Morgan fingerprint density at radius 1 is 0.963 bits per heavy atom. The Morgan fingerprint density at radius 2 is 1.63 bits per heavy atom. The minimum atomic E-state index is -0.478. The smallest absolute Gasteiger partial charge is 0.271 e. The Kier molecular flexibility index (Phi) is 5.37. The van der Waals surface area contributed by atoms with Crippen LogP contribution in [0.5, 0.6) is 5.75 Å². The number of aryl methyl sites for hydroxylation is 1. The van der Waals surface area contributed by atoms with Crippen molar-refractivity contribution >= 4 is 17.3 Å². The second-order valence-electron chi connectivity index (χ2n) is 5.75. The predicted octanol–water partition coefficient (Wildman–Crippen LogP) is 4.42. The van der Waals surface area contributed by atoms with Crippen molar-refractivity contribution in [3.05, 3.63) is 110 Å². The van der Waals surface area contributed by atoms with Crippen LogP contribution in [0.1, 0.15) is 11.1 Å². The molecule has 0 N–H and O–H groups in total. The average Bonchev–Trinajstić information content (AvgIpc) is 2.87. The van der Waals surface area contributed by atoms with Crippen LogP contribution in [0.4, 0.5) is 11.4 Å². The summed E-state index contributed by atoms with van der Waals surface area (Å²) in [6.45, 7) is 1.80. The van der Waals surface area contributed by atoms with Crippen molar-refractivity contribution in [1.29, 1.82) is 0 Å². The molecule has 0 aromatic heterocycles. The van der Waals surface area contributed by atoms with Crippen molar-refractivity contribution in [2.75, 3.05) is 0 Å². The number of nitro benzene ring substituents is 1. The summed E-state index contributed by atoms with van der Waals surface area (Å²) in [7, 11) is 0. The van der Waals surface area contributed by atoms with Gasteiger partial charge in [0.25, 0.3) is 5.69 Å². The van der Waals surface area contributed by atoms with Gasteiger partial charge in [-0.25, -0.2) is 4.99 Å². The fraction of sp³-hybridized carbons (Fsp3) is 0.0476. The maximum absolute atomic E-state index is 12.2. The van der Waals surface area contributed by atoms with Crippen molar-refractivity contribution in [1.82, 2.24) is 0 Å².